The zero-order valence-electron chi connectivity index (χ0n) is 11.9. The smallest absolute Gasteiger partial charge is 0.336 e. The minimum atomic E-state index is -4.21. The van der Waals surface area contributed by atoms with Gasteiger partial charge in [0.15, 0.2) is 0 Å². The molecule has 1 atom stereocenters. The Kier molecular flexibility index (Phi) is 5.41. The molecule has 2 N–H and O–H groups in total. The van der Waals surface area contributed by atoms with Gasteiger partial charge < -0.3 is 5.11 Å². The Morgan fingerprint density at radius 3 is 2.33 bits per heavy atom. The Balaban J connectivity index is 3.29. The monoisotopic (exact) mass is 321 g/mol. The SMILES string of the molecule is CCC(NS(=O)(=O)c1cc(C)c(C)c(C(=O)O)c1)C(F)F. The number of alkyl halides is 2. The number of benzene rings is 1. The number of halogens is 2. The fourth-order valence-corrected chi connectivity index (χ4v) is 3.19. The molecule has 0 aliphatic heterocycles. The van der Waals surface area contributed by atoms with E-state index in [1.54, 1.807) is 13.8 Å². The second-order valence-corrected chi connectivity index (χ2v) is 6.40. The Labute approximate surface area is 122 Å². The summed E-state index contributed by atoms with van der Waals surface area (Å²) in [5.74, 6) is -1.27. The highest BCUT2D eigenvalue weighted by atomic mass is 32.2. The lowest BCUT2D eigenvalue weighted by atomic mass is 10.0. The maximum absolute atomic E-state index is 12.7. The van der Waals surface area contributed by atoms with Crippen molar-refractivity contribution in [3.8, 4) is 0 Å². The fraction of sp³-hybridized carbons (Fsp3) is 0.462. The van der Waals surface area contributed by atoms with Crippen LogP contribution in [0.15, 0.2) is 17.0 Å². The van der Waals surface area contributed by atoms with Crippen LogP contribution in [0.1, 0.15) is 34.8 Å². The summed E-state index contributed by atoms with van der Waals surface area (Å²) in [4.78, 5) is 10.8. The van der Waals surface area contributed by atoms with Gasteiger partial charge in [-0.25, -0.2) is 26.7 Å². The number of carboxylic acid groups (broad SMARTS) is 1. The first kappa shape index (κ1) is 17.5. The number of aromatic carboxylic acids is 1. The molecule has 0 aliphatic carbocycles. The highest BCUT2D eigenvalue weighted by molar-refractivity contribution is 7.89. The molecular weight excluding hydrogens is 304 g/mol. The Morgan fingerprint density at radius 1 is 1.33 bits per heavy atom. The Hall–Kier alpha value is -1.54. The molecule has 0 aliphatic rings. The van der Waals surface area contributed by atoms with E-state index in [4.69, 9.17) is 5.11 Å². The molecule has 5 nitrogen and oxygen atoms in total. The van der Waals surface area contributed by atoms with Crippen LogP contribution in [0.25, 0.3) is 0 Å². The summed E-state index contributed by atoms with van der Waals surface area (Å²) in [6.45, 7) is 4.55. The van der Waals surface area contributed by atoms with Crippen LogP contribution in [0.3, 0.4) is 0 Å². The number of aryl methyl sites for hydroxylation is 1. The van der Waals surface area contributed by atoms with Crippen molar-refractivity contribution in [3.05, 3.63) is 28.8 Å². The molecule has 118 valence electrons. The van der Waals surface area contributed by atoms with Crippen molar-refractivity contribution in [2.24, 2.45) is 0 Å². The van der Waals surface area contributed by atoms with Crippen molar-refractivity contribution in [2.45, 2.75) is 44.6 Å². The first-order valence-electron chi connectivity index (χ1n) is 6.25. The van der Waals surface area contributed by atoms with E-state index in [1.165, 1.54) is 13.0 Å². The molecular formula is C13H17F2NO4S. The fourth-order valence-electron chi connectivity index (χ4n) is 1.78. The van der Waals surface area contributed by atoms with Crippen molar-refractivity contribution in [2.75, 3.05) is 0 Å². The molecule has 0 aromatic heterocycles. The molecule has 0 spiro atoms. The lowest BCUT2D eigenvalue weighted by Crippen LogP contribution is -2.39. The Bertz CT molecular complexity index is 644. The van der Waals surface area contributed by atoms with Crippen molar-refractivity contribution < 1.29 is 27.1 Å². The lowest BCUT2D eigenvalue weighted by Gasteiger charge is -2.17. The van der Waals surface area contributed by atoms with Crippen LogP contribution >= 0.6 is 0 Å². The number of hydrogen-bond donors (Lipinski definition) is 2. The van der Waals surface area contributed by atoms with Gasteiger partial charge in [0.05, 0.1) is 16.5 Å². The molecule has 0 fully saturated rings. The molecule has 0 radical (unpaired) electrons. The van der Waals surface area contributed by atoms with E-state index in [-0.39, 0.29) is 16.9 Å². The predicted molar refractivity (Wildman–Crippen MR) is 73.3 cm³/mol. The highest BCUT2D eigenvalue weighted by Gasteiger charge is 2.26. The van der Waals surface area contributed by atoms with E-state index >= 15 is 0 Å². The summed E-state index contributed by atoms with van der Waals surface area (Å²) in [5, 5.41) is 9.06. The van der Waals surface area contributed by atoms with Crippen LogP contribution in [0, 0.1) is 13.8 Å². The summed E-state index contributed by atoms with van der Waals surface area (Å²) < 4.78 is 51.5. The summed E-state index contributed by atoms with van der Waals surface area (Å²) in [6, 6.07) is 0.734. The number of rotatable bonds is 6. The predicted octanol–water partition coefficient (Wildman–Crippen LogP) is 2.32. The molecule has 0 amide bonds. The van der Waals surface area contributed by atoms with Gasteiger partial charge in [-0.2, -0.15) is 0 Å². The second kappa shape index (κ2) is 6.48. The average molecular weight is 321 g/mol. The Morgan fingerprint density at radius 2 is 1.90 bits per heavy atom. The molecule has 1 rings (SSSR count). The molecule has 21 heavy (non-hydrogen) atoms. The molecule has 0 heterocycles. The van der Waals surface area contributed by atoms with Crippen LogP contribution < -0.4 is 4.72 Å². The normalized spacial score (nSPS) is 13.4. The minimum Gasteiger partial charge on any atom is -0.478 e. The van der Waals surface area contributed by atoms with Crippen molar-refractivity contribution in [1.29, 1.82) is 0 Å². The van der Waals surface area contributed by atoms with Crippen LogP contribution in [0.4, 0.5) is 8.78 Å². The van der Waals surface area contributed by atoms with Gasteiger partial charge in [0, 0.05) is 0 Å². The zero-order chi connectivity index (χ0) is 16.4. The number of carboxylic acids is 1. The van der Waals surface area contributed by atoms with Crippen molar-refractivity contribution in [3.63, 3.8) is 0 Å². The average Bonchev–Trinajstić information content (AvgIpc) is 2.38. The van der Waals surface area contributed by atoms with E-state index in [0.29, 0.717) is 11.1 Å². The van der Waals surface area contributed by atoms with E-state index in [0.717, 1.165) is 6.07 Å². The van der Waals surface area contributed by atoms with Crippen LogP contribution in [0.5, 0.6) is 0 Å². The van der Waals surface area contributed by atoms with Gasteiger partial charge in [-0.1, -0.05) is 6.92 Å². The minimum absolute atomic E-state index is 0.0759. The largest absolute Gasteiger partial charge is 0.478 e. The van der Waals surface area contributed by atoms with E-state index < -0.39 is 28.5 Å². The van der Waals surface area contributed by atoms with Crippen molar-refractivity contribution in [1.82, 2.24) is 4.72 Å². The van der Waals surface area contributed by atoms with Gasteiger partial charge in [0.2, 0.25) is 10.0 Å². The van der Waals surface area contributed by atoms with E-state index in [9.17, 15) is 22.0 Å². The third kappa shape index (κ3) is 3.98. The van der Waals surface area contributed by atoms with Gasteiger partial charge in [-0.3, -0.25) is 0 Å². The maximum atomic E-state index is 12.7. The van der Waals surface area contributed by atoms with Gasteiger partial charge in [0.1, 0.15) is 0 Å². The summed E-state index contributed by atoms with van der Waals surface area (Å²) in [5.41, 5.74) is 0.725. The number of carbonyl (C=O) groups is 1. The molecule has 1 unspecified atom stereocenters. The van der Waals surface area contributed by atoms with Gasteiger partial charge in [0.25, 0.3) is 6.43 Å². The summed E-state index contributed by atoms with van der Waals surface area (Å²) in [6.07, 6.45) is -2.91. The first-order chi connectivity index (χ1) is 9.60. The zero-order valence-corrected chi connectivity index (χ0v) is 12.7. The number of nitrogens with one attached hydrogen (secondary N) is 1. The van der Waals surface area contributed by atoms with E-state index in [2.05, 4.69) is 0 Å². The topological polar surface area (TPSA) is 83.5 Å². The van der Waals surface area contributed by atoms with Crippen LogP contribution in [-0.4, -0.2) is 32.0 Å². The number of sulfonamides is 1. The first-order valence-corrected chi connectivity index (χ1v) is 7.73. The molecule has 1 aromatic carbocycles. The third-order valence-corrected chi connectivity index (χ3v) is 4.70. The molecule has 0 saturated heterocycles. The third-order valence-electron chi connectivity index (χ3n) is 3.23. The molecule has 0 saturated carbocycles. The van der Waals surface area contributed by atoms with Crippen LogP contribution in [0.2, 0.25) is 0 Å². The highest BCUT2D eigenvalue weighted by Crippen LogP contribution is 2.21. The van der Waals surface area contributed by atoms with Gasteiger partial charge in [-0.05, 0) is 43.5 Å². The molecule has 1 aromatic rings. The molecule has 0 bridgehead atoms. The van der Waals surface area contributed by atoms with Gasteiger partial charge in [-0.15, -0.1) is 0 Å². The second-order valence-electron chi connectivity index (χ2n) is 4.69. The van der Waals surface area contributed by atoms with E-state index in [1.807, 2.05) is 4.72 Å². The quantitative estimate of drug-likeness (QED) is 0.842. The number of hydrogen-bond acceptors (Lipinski definition) is 3. The molecule has 8 heteroatoms. The lowest BCUT2D eigenvalue weighted by molar-refractivity contribution is 0.0695. The standard InChI is InChI=1S/C13H17F2NO4S/c1-4-11(12(14)15)16-21(19,20)9-5-7(2)8(3)10(6-9)13(17)18/h5-6,11-12,16H,4H2,1-3H3,(H,17,18). The van der Waals surface area contributed by atoms with Gasteiger partial charge >= 0.3 is 5.97 Å². The summed E-state index contributed by atoms with van der Waals surface area (Å²) in [7, 11) is -4.21. The van der Waals surface area contributed by atoms with Crippen molar-refractivity contribution >= 4 is 16.0 Å². The maximum Gasteiger partial charge on any atom is 0.336 e. The summed E-state index contributed by atoms with van der Waals surface area (Å²) >= 11 is 0. The van der Waals surface area contributed by atoms with Crippen LogP contribution in [-0.2, 0) is 10.0 Å².